The number of thiophene rings is 1. The summed E-state index contributed by atoms with van der Waals surface area (Å²) in [4.78, 5) is 2.63. The Kier molecular flexibility index (Phi) is 6.41. The van der Waals surface area contributed by atoms with Crippen LogP contribution in [0.15, 0.2) is 16.3 Å². The Balaban J connectivity index is 2.91. The molecule has 0 fully saturated rings. The molecule has 0 aliphatic carbocycles. The maximum atomic E-state index is 12.5. The zero-order valence-electron chi connectivity index (χ0n) is 11.7. The molecular formula is C12H22N2O3S2. The summed E-state index contributed by atoms with van der Waals surface area (Å²) in [6.07, 6.45) is 0.783. The van der Waals surface area contributed by atoms with Gasteiger partial charge in [-0.3, -0.25) is 0 Å². The number of nitrogens with zero attached hydrogens (tertiary/aromatic N) is 2. The van der Waals surface area contributed by atoms with Gasteiger partial charge >= 0.3 is 0 Å². The molecule has 1 N–H and O–H groups in total. The minimum Gasteiger partial charge on any atom is -0.391 e. The van der Waals surface area contributed by atoms with Gasteiger partial charge in [-0.25, -0.2) is 8.42 Å². The summed E-state index contributed by atoms with van der Waals surface area (Å²) in [5.74, 6) is 0. The van der Waals surface area contributed by atoms with E-state index in [1.807, 2.05) is 25.9 Å². The van der Waals surface area contributed by atoms with Crippen LogP contribution >= 0.6 is 11.3 Å². The van der Waals surface area contributed by atoms with Crippen LogP contribution < -0.4 is 0 Å². The summed E-state index contributed by atoms with van der Waals surface area (Å²) in [7, 11) is 0.411. The van der Waals surface area contributed by atoms with Gasteiger partial charge in [0.25, 0.3) is 10.0 Å². The molecule has 0 bridgehead atoms. The van der Waals surface area contributed by atoms with Crippen molar-refractivity contribution < 1.29 is 13.5 Å². The second-order valence-electron chi connectivity index (χ2n) is 4.59. The number of rotatable bonds is 8. The standard InChI is InChI=1S/C12H22N2O3S2/c1-4-7-14(9-8-13(2)3)19(16,17)12-6-5-11(10-15)18-12/h5-6,15H,4,7-10H2,1-3H3. The van der Waals surface area contributed by atoms with Gasteiger partial charge in [-0.15, -0.1) is 11.3 Å². The molecule has 0 unspecified atom stereocenters. The maximum Gasteiger partial charge on any atom is 0.252 e. The van der Waals surface area contributed by atoms with Crippen molar-refractivity contribution in [1.82, 2.24) is 9.21 Å². The first-order chi connectivity index (χ1) is 8.91. The third-order valence-electron chi connectivity index (χ3n) is 2.66. The van der Waals surface area contributed by atoms with Crippen molar-refractivity contribution in [1.29, 1.82) is 0 Å². The number of hydrogen-bond acceptors (Lipinski definition) is 5. The summed E-state index contributed by atoms with van der Waals surface area (Å²) in [5.41, 5.74) is 0. The summed E-state index contributed by atoms with van der Waals surface area (Å²) >= 11 is 1.14. The van der Waals surface area contributed by atoms with Gasteiger partial charge in [0.1, 0.15) is 4.21 Å². The van der Waals surface area contributed by atoms with Crippen LogP contribution in [0, 0.1) is 0 Å². The molecule has 0 amide bonds. The highest BCUT2D eigenvalue weighted by atomic mass is 32.2. The van der Waals surface area contributed by atoms with Crippen molar-refractivity contribution >= 4 is 21.4 Å². The second-order valence-corrected chi connectivity index (χ2v) is 7.92. The lowest BCUT2D eigenvalue weighted by molar-refractivity contribution is 0.285. The topological polar surface area (TPSA) is 60.9 Å². The van der Waals surface area contributed by atoms with E-state index < -0.39 is 10.0 Å². The monoisotopic (exact) mass is 306 g/mol. The highest BCUT2D eigenvalue weighted by Crippen LogP contribution is 2.25. The van der Waals surface area contributed by atoms with E-state index in [9.17, 15) is 8.42 Å². The van der Waals surface area contributed by atoms with E-state index in [-0.39, 0.29) is 6.61 Å². The predicted molar refractivity (Wildman–Crippen MR) is 77.8 cm³/mol. The average molecular weight is 306 g/mol. The summed E-state index contributed by atoms with van der Waals surface area (Å²) in [5, 5.41) is 9.03. The maximum absolute atomic E-state index is 12.5. The van der Waals surface area contributed by atoms with Crippen molar-refractivity contribution in [3.63, 3.8) is 0 Å². The van der Waals surface area contributed by atoms with Crippen molar-refractivity contribution in [2.45, 2.75) is 24.2 Å². The number of aliphatic hydroxyl groups is 1. The Morgan fingerprint density at radius 2 is 1.89 bits per heavy atom. The zero-order valence-corrected chi connectivity index (χ0v) is 13.3. The van der Waals surface area contributed by atoms with Gasteiger partial charge < -0.3 is 10.0 Å². The van der Waals surface area contributed by atoms with Crippen LogP contribution in [0.3, 0.4) is 0 Å². The van der Waals surface area contributed by atoms with Gasteiger partial charge in [0, 0.05) is 24.5 Å². The smallest absolute Gasteiger partial charge is 0.252 e. The molecule has 0 radical (unpaired) electrons. The van der Waals surface area contributed by atoms with Crippen LogP contribution in [0.2, 0.25) is 0 Å². The molecule has 0 saturated heterocycles. The number of hydrogen-bond donors (Lipinski definition) is 1. The first kappa shape index (κ1) is 16.6. The SMILES string of the molecule is CCCN(CCN(C)C)S(=O)(=O)c1ccc(CO)s1. The van der Waals surface area contributed by atoms with E-state index in [2.05, 4.69) is 0 Å². The fraction of sp³-hybridized carbons (Fsp3) is 0.667. The average Bonchev–Trinajstić information content (AvgIpc) is 2.83. The van der Waals surface area contributed by atoms with Gasteiger partial charge in [-0.2, -0.15) is 4.31 Å². The van der Waals surface area contributed by atoms with Gasteiger partial charge in [0.05, 0.1) is 6.61 Å². The number of likely N-dealkylation sites (N-methyl/N-ethyl adjacent to an activating group) is 1. The minimum atomic E-state index is -3.43. The van der Waals surface area contributed by atoms with E-state index in [0.29, 0.717) is 28.7 Å². The molecule has 1 aromatic heterocycles. The van der Waals surface area contributed by atoms with Crippen LogP contribution in [0.5, 0.6) is 0 Å². The minimum absolute atomic E-state index is 0.119. The summed E-state index contributed by atoms with van der Waals surface area (Å²) in [6.45, 7) is 3.53. The first-order valence-electron chi connectivity index (χ1n) is 6.26. The Morgan fingerprint density at radius 1 is 1.21 bits per heavy atom. The third kappa shape index (κ3) is 4.54. The zero-order chi connectivity index (χ0) is 14.5. The van der Waals surface area contributed by atoms with E-state index >= 15 is 0 Å². The molecule has 1 aromatic rings. The third-order valence-corrected chi connectivity index (χ3v) is 6.09. The van der Waals surface area contributed by atoms with Crippen molar-refractivity contribution in [2.75, 3.05) is 33.7 Å². The van der Waals surface area contributed by atoms with E-state index in [1.165, 1.54) is 4.31 Å². The van der Waals surface area contributed by atoms with Crippen molar-refractivity contribution in [2.24, 2.45) is 0 Å². The van der Waals surface area contributed by atoms with Gasteiger partial charge in [0.2, 0.25) is 0 Å². The lowest BCUT2D eigenvalue weighted by Gasteiger charge is -2.22. The lowest BCUT2D eigenvalue weighted by Crippen LogP contribution is -2.36. The molecule has 0 aliphatic heterocycles. The van der Waals surface area contributed by atoms with Crippen LogP contribution in [0.25, 0.3) is 0 Å². The predicted octanol–water partition coefficient (Wildman–Crippen LogP) is 1.20. The fourth-order valence-corrected chi connectivity index (χ4v) is 4.52. The molecular weight excluding hydrogens is 284 g/mol. The quantitative estimate of drug-likeness (QED) is 0.784. The van der Waals surface area contributed by atoms with Gasteiger partial charge in [-0.1, -0.05) is 6.92 Å². The molecule has 19 heavy (non-hydrogen) atoms. The molecule has 1 heterocycles. The molecule has 0 atom stereocenters. The van der Waals surface area contributed by atoms with E-state index in [0.717, 1.165) is 17.8 Å². The fourth-order valence-electron chi connectivity index (χ4n) is 1.62. The van der Waals surface area contributed by atoms with Gasteiger partial charge in [0.15, 0.2) is 0 Å². The highest BCUT2D eigenvalue weighted by molar-refractivity contribution is 7.91. The van der Waals surface area contributed by atoms with E-state index in [4.69, 9.17) is 5.11 Å². The number of sulfonamides is 1. The second kappa shape index (κ2) is 7.35. The van der Waals surface area contributed by atoms with Crippen LogP contribution in [-0.4, -0.2) is 56.5 Å². The van der Waals surface area contributed by atoms with Gasteiger partial charge in [-0.05, 0) is 32.6 Å². The van der Waals surface area contributed by atoms with Crippen LogP contribution in [0.4, 0.5) is 0 Å². The lowest BCUT2D eigenvalue weighted by atomic mass is 10.4. The molecule has 5 nitrogen and oxygen atoms in total. The molecule has 0 saturated carbocycles. The number of aliphatic hydroxyl groups excluding tert-OH is 1. The first-order valence-corrected chi connectivity index (χ1v) is 8.52. The van der Waals surface area contributed by atoms with Crippen molar-refractivity contribution in [3.05, 3.63) is 17.0 Å². The normalized spacial score (nSPS) is 12.5. The molecule has 0 aliphatic rings. The Bertz CT molecular complexity index is 483. The molecule has 1 rings (SSSR count). The van der Waals surface area contributed by atoms with Crippen LogP contribution in [0.1, 0.15) is 18.2 Å². The molecule has 0 aromatic carbocycles. The van der Waals surface area contributed by atoms with Crippen LogP contribution in [-0.2, 0) is 16.6 Å². The summed E-state index contributed by atoms with van der Waals surface area (Å²) < 4.78 is 26.8. The molecule has 7 heteroatoms. The summed E-state index contributed by atoms with van der Waals surface area (Å²) in [6, 6.07) is 3.23. The molecule has 110 valence electrons. The van der Waals surface area contributed by atoms with E-state index in [1.54, 1.807) is 12.1 Å². The Labute approximate surface area is 119 Å². The molecule has 0 spiro atoms. The van der Waals surface area contributed by atoms with Crippen molar-refractivity contribution in [3.8, 4) is 0 Å². The Morgan fingerprint density at radius 3 is 2.37 bits per heavy atom. The largest absolute Gasteiger partial charge is 0.391 e. The Hall–Kier alpha value is -0.470. The highest BCUT2D eigenvalue weighted by Gasteiger charge is 2.25.